The smallest absolute Gasteiger partial charge is 0.408 e. The molecule has 1 N–H and O–H groups in total. The lowest BCUT2D eigenvalue weighted by atomic mass is 9.97. The topological polar surface area (TPSA) is 73.9 Å². The molecule has 6 nitrogen and oxygen atoms in total. The normalized spacial score (nSPS) is 13.8. The SMILES string of the molecule is C=CCOCCC[C@@H](C)C[C@H](NC(=O)OC(C)(C)C)C(=O)OC. The van der Waals surface area contributed by atoms with Gasteiger partial charge in [-0.25, -0.2) is 9.59 Å². The minimum Gasteiger partial charge on any atom is -0.467 e. The van der Waals surface area contributed by atoms with Crippen LogP contribution in [0.5, 0.6) is 0 Å². The highest BCUT2D eigenvalue weighted by molar-refractivity contribution is 5.81. The van der Waals surface area contributed by atoms with Crippen LogP contribution >= 0.6 is 0 Å². The first kappa shape index (κ1) is 21.4. The average molecular weight is 329 g/mol. The highest BCUT2D eigenvalue weighted by Crippen LogP contribution is 2.15. The largest absolute Gasteiger partial charge is 0.467 e. The molecule has 0 rings (SSSR count). The van der Waals surface area contributed by atoms with E-state index in [1.165, 1.54) is 7.11 Å². The van der Waals surface area contributed by atoms with Gasteiger partial charge in [-0.3, -0.25) is 0 Å². The summed E-state index contributed by atoms with van der Waals surface area (Å²) in [6, 6.07) is -0.709. The number of alkyl carbamates (subject to hydrolysis) is 1. The Balaban J connectivity index is 4.36. The number of hydrogen-bond acceptors (Lipinski definition) is 5. The minimum absolute atomic E-state index is 0.237. The summed E-state index contributed by atoms with van der Waals surface area (Å²) in [7, 11) is 1.31. The summed E-state index contributed by atoms with van der Waals surface area (Å²) in [5, 5.41) is 2.59. The monoisotopic (exact) mass is 329 g/mol. The fourth-order valence-electron chi connectivity index (χ4n) is 2.03. The van der Waals surface area contributed by atoms with Crippen LogP contribution in [0.25, 0.3) is 0 Å². The van der Waals surface area contributed by atoms with Crippen molar-refractivity contribution in [3.05, 3.63) is 12.7 Å². The van der Waals surface area contributed by atoms with Crippen LogP contribution in [0.4, 0.5) is 4.79 Å². The van der Waals surface area contributed by atoms with Gasteiger partial charge in [0.05, 0.1) is 13.7 Å². The molecule has 0 fully saturated rings. The zero-order valence-corrected chi connectivity index (χ0v) is 15.0. The van der Waals surface area contributed by atoms with Crippen LogP contribution in [0.3, 0.4) is 0 Å². The lowest BCUT2D eigenvalue weighted by Crippen LogP contribution is -2.44. The molecule has 0 aromatic rings. The Morgan fingerprint density at radius 2 is 1.96 bits per heavy atom. The molecule has 1 amide bonds. The van der Waals surface area contributed by atoms with Crippen LogP contribution in [-0.4, -0.2) is 44.0 Å². The number of methoxy groups -OCH3 is 1. The molecule has 0 heterocycles. The Kier molecular flexibility index (Phi) is 10.3. The van der Waals surface area contributed by atoms with E-state index in [1.54, 1.807) is 26.8 Å². The van der Waals surface area contributed by atoms with Crippen molar-refractivity contribution >= 4 is 12.1 Å². The Morgan fingerprint density at radius 1 is 1.30 bits per heavy atom. The summed E-state index contributed by atoms with van der Waals surface area (Å²) in [6.07, 6.45) is 3.36. The van der Waals surface area contributed by atoms with Gasteiger partial charge in [-0.2, -0.15) is 0 Å². The number of rotatable bonds is 10. The molecule has 23 heavy (non-hydrogen) atoms. The summed E-state index contributed by atoms with van der Waals surface area (Å²) < 4.78 is 15.3. The molecular weight excluding hydrogens is 298 g/mol. The first-order valence-electron chi connectivity index (χ1n) is 7.95. The molecule has 0 aromatic heterocycles. The van der Waals surface area contributed by atoms with Gasteiger partial charge in [0.15, 0.2) is 0 Å². The molecule has 0 saturated carbocycles. The fraction of sp³-hybridized carbons (Fsp3) is 0.765. The Labute approximate surface area is 139 Å². The van der Waals surface area contributed by atoms with Gasteiger partial charge in [-0.15, -0.1) is 6.58 Å². The van der Waals surface area contributed by atoms with Crippen LogP contribution in [0.1, 0.15) is 47.0 Å². The van der Waals surface area contributed by atoms with Gasteiger partial charge in [0, 0.05) is 6.61 Å². The molecule has 0 unspecified atom stereocenters. The Bertz CT molecular complexity index is 376. The van der Waals surface area contributed by atoms with Crippen molar-refractivity contribution in [2.75, 3.05) is 20.3 Å². The van der Waals surface area contributed by atoms with Crippen LogP contribution in [0.2, 0.25) is 0 Å². The number of carbonyl (C=O) groups is 2. The van der Waals surface area contributed by atoms with Crippen molar-refractivity contribution < 1.29 is 23.8 Å². The van der Waals surface area contributed by atoms with Crippen LogP contribution in [0, 0.1) is 5.92 Å². The number of carbonyl (C=O) groups excluding carboxylic acids is 2. The summed E-state index contributed by atoms with van der Waals surface area (Å²) in [4.78, 5) is 23.7. The van der Waals surface area contributed by atoms with E-state index in [0.29, 0.717) is 19.6 Å². The maximum Gasteiger partial charge on any atom is 0.408 e. The third kappa shape index (κ3) is 11.6. The number of hydrogen-bond donors (Lipinski definition) is 1. The van der Waals surface area contributed by atoms with Gasteiger partial charge in [0.25, 0.3) is 0 Å². The fourth-order valence-corrected chi connectivity index (χ4v) is 2.03. The van der Waals surface area contributed by atoms with Crippen molar-refractivity contribution in [2.45, 2.75) is 58.6 Å². The van der Waals surface area contributed by atoms with Gasteiger partial charge < -0.3 is 19.5 Å². The predicted octanol–water partition coefficient (Wildman–Crippen LogP) is 3.06. The molecule has 134 valence electrons. The number of ether oxygens (including phenoxy) is 3. The van der Waals surface area contributed by atoms with Crippen molar-refractivity contribution in [2.24, 2.45) is 5.92 Å². The second-order valence-corrected chi connectivity index (χ2v) is 6.57. The quantitative estimate of drug-likeness (QED) is 0.379. The maximum absolute atomic E-state index is 11.8. The van der Waals surface area contributed by atoms with Gasteiger partial charge in [-0.1, -0.05) is 13.0 Å². The van der Waals surface area contributed by atoms with E-state index in [4.69, 9.17) is 14.2 Å². The van der Waals surface area contributed by atoms with Crippen molar-refractivity contribution in [1.29, 1.82) is 0 Å². The molecule has 0 aromatic carbocycles. The third-order valence-corrected chi connectivity index (χ3v) is 3.04. The lowest BCUT2D eigenvalue weighted by molar-refractivity contribution is -0.143. The first-order chi connectivity index (χ1) is 10.7. The number of nitrogens with one attached hydrogen (secondary N) is 1. The van der Waals surface area contributed by atoms with Gasteiger partial charge in [0.2, 0.25) is 0 Å². The highest BCUT2D eigenvalue weighted by atomic mass is 16.6. The predicted molar refractivity (Wildman–Crippen MR) is 89.2 cm³/mol. The minimum atomic E-state index is -0.709. The summed E-state index contributed by atoms with van der Waals surface area (Å²) in [5.74, 6) is -0.230. The maximum atomic E-state index is 11.8. The van der Waals surface area contributed by atoms with E-state index in [9.17, 15) is 9.59 Å². The van der Waals surface area contributed by atoms with Crippen LogP contribution in [-0.2, 0) is 19.0 Å². The number of amides is 1. The molecule has 0 aliphatic carbocycles. The van der Waals surface area contributed by atoms with E-state index in [0.717, 1.165) is 12.8 Å². The summed E-state index contributed by atoms with van der Waals surface area (Å²) in [6.45, 7) is 12.1. The van der Waals surface area contributed by atoms with Crippen molar-refractivity contribution in [1.82, 2.24) is 5.32 Å². The average Bonchev–Trinajstić information content (AvgIpc) is 2.43. The van der Waals surface area contributed by atoms with Gasteiger partial charge >= 0.3 is 12.1 Å². The van der Waals surface area contributed by atoms with Crippen molar-refractivity contribution in [3.63, 3.8) is 0 Å². The van der Waals surface area contributed by atoms with Gasteiger partial charge in [0.1, 0.15) is 11.6 Å². The summed E-state index contributed by atoms with van der Waals surface area (Å²) in [5.41, 5.74) is -0.612. The Morgan fingerprint density at radius 3 is 2.48 bits per heavy atom. The molecule has 0 saturated heterocycles. The molecule has 2 atom stereocenters. The standard InChI is InChI=1S/C17H31NO5/c1-7-10-22-11-8-9-13(2)12-14(15(19)21-6)18-16(20)23-17(3,4)5/h7,13-14H,1,8-12H2,2-6H3,(H,18,20)/t13-,14+/m1/s1. The second kappa shape index (κ2) is 11.0. The van der Waals surface area contributed by atoms with E-state index in [-0.39, 0.29) is 5.92 Å². The Hall–Kier alpha value is -1.56. The zero-order valence-electron chi connectivity index (χ0n) is 15.0. The van der Waals surface area contributed by atoms with Crippen LogP contribution in [0.15, 0.2) is 12.7 Å². The zero-order chi connectivity index (χ0) is 17.9. The number of esters is 1. The van der Waals surface area contributed by atoms with E-state index >= 15 is 0 Å². The summed E-state index contributed by atoms with van der Waals surface area (Å²) >= 11 is 0. The molecule has 0 aliphatic rings. The van der Waals surface area contributed by atoms with E-state index in [1.807, 2.05) is 6.92 Å². The van der Waals surface area contributed by atoms with Crippen LogP contribution < -0.4 is 5.32 Å². The lowest BCUT2D eigenvalue weighted by Gasteiger charge is -2.24. The second-order valence-electron chi connectivity index (χ2n) is 6.57. The molecule has 0 radical (unpaired) electrons. The molecule has 0 aliphatic heterocycles. The molecule has 6 heteroatoms. The molecular formula is C17H31NO5. The van der Waals surface area contributed by atoms with Crippen molar-refractivity contribution in [3.8, 4) is 0 Å². The molecule has 0 bridgehead atoms. The van der Waals surface area contributed by atoms with E-state index in [2.05, 4.69) is 11.9 Å². The first-order valence-corrected chi connectivity index (χ1v) is 7.95. The highest BCUT2D eigenvalue weighted by Gasteiger charge is 2.26. The third-order valence-electron chi connectivity index (χ3n) is 3.04. The van der Waals surface area contributed by atoms with E-state index < -0.39 is 23.7 Å². The van der Waals surface area contributed by atoms with Gasteiger partial charge in [-0.05, 0) is 46.0 Å². The molecule has 0 spiro atoms.